The minimum atomic E-state index is 0.137. The van der Waals surface area contributed by atoms with E-state index in [1.807, 2.05) is 27.7 Å². The van der Waals surface area contributed by atoms with E-state index in [1.54, 1.807) is 12.4 Å². The van der Waals surface area contributed by atoms with Crippen molar-refractivity contribution in [2.45, 2.75) is 18.6 Å². The van der Waals surface area contributed by atoms with Crippen molar-refractivity contribution < 1.29 is 4.79 Å². The third-order valence-electron chi connectivity index (χ3n) is 6.16. The van der Waals surface area contributed by atoms with Crippen LogP contribution >= 0.6 is 11.8 Å². The first kappa shape index (κ1) is 23.3. The van der Waals surface area contributed by atoms with Crippen molar-refractivity contribution in [3.8, 4) is 17.1 Å². The SMILES string of the molecule is Cc1ccc(-n2c(SCC(=O)N3CCN(Cc4ccccc4)CC3)nnc2-c2ccncc2)cc1. The number of piperazine rings is 1. The minimum absolute atomic E-state index is 0.137. The lowest BCUT2D eigenvalue weighted by Crippen LogP contribution is -2.48. The second-order valence-corrected chi connectivity index (χ2v) is 9.59. The van der Waals surface area contributed by atoms with Crippen LogP contribution in [-0.4, -0.2) is 67.4 Å². The quantitative estimate of drug-likeness (QED) is 0.369. The number of rotatable bonds is 7. The summed E-state index contributed by atoms with van der Waals surface area (Å²) in [6.07, 6.45) is 3.49. The van der Waals surface area contributed by atoms with Crippen LogP contribution in [0.2, 0.25) is 0 Å². The van der Waals surface area contributed by atoms with E-state index >= 15 is 0 Å². The molecular weight excluding hydrogens is 456 g/mol. The van der Waals surface area contributed by atoms with Gasteiger partial charge in [-0.3, -0.25) is 19.2 Å². The second kappa shape index (κ2) is 10.8. The number of aromatic nitrogens is 4. The van der Waals surface area contributed by atoms with Gasteiger partial charge < -0.3 is 4.90 Å². The van der Waals surface area contributed by atoms with Crippen molar-refractivity contribution in [3.05, 3.63) is 90.3 Å². The van der Waals surface area contributed by atoms with E-state index in [0.717, 1.165) is 49.8 Å². The van der Waals surface area contributed by atoms with Crippen molar-refractivity contribution in [2.75, 3.05) is 31.9 Å². The first-order chi connectivity index (χ1) is 17.2. The molecule has 1 amide bonds. The van der Waals surface area contributed by atoms with Gasteiger partial charge in [0.1, 0.15) is 0 Å². The van der Waals surface area contributed by atoms with Gasteiger partial charge in [0.25, 0.3) is 0 Å². The maximum absolute atomic E-state index is 13.0. The Morgan fingerprint density at radius 3 is 2.31 bits per heavy atom. The number of nitrogens with zero attached hydrogens (tertiary/aromatic N) is 6. The van der Waals surface area contributed by atoms with Crippen LogP contribution in [0.4, 0.5) is 0 Å². The summed E-state index contributed by atoms with van der Waals surface area (Å²) in [5.41, 5.74) is 4.39. The highest BCUT2D eigenvalue weighted by molar-refractivity contribution is 7.99. The maximum Gasteiger partial charge on any atom is 0.233 e. The summed E-state index contributed by atoms with van der Waals surface area (Å²) in [7, 11) is 0. The molecule has 0 bridgehead atoms. The van der Waals surface area contributed by atoms with Crippen LogP contribution in [0.1, 0.15) is 11.1 Å². The van der Waals surface area contributed by atoms with Crippen molar-refractivity contribution in [3.63, 3.8) is 0 Å². The lowest BCUT2D eigenvalue weighted by Gasteiger charge is -2.34. The molecular formula is C27H28N6OS. The molecule has 0 spiro atoms. The molecule has 7 nitrogen and oxygen atoms in total. The molecule has 1 aliphatic heterocycles. The van der Waals surface area contributed by atoms with Crippen LogP contribution in [0.5, 0.6) is 0 Å². The molecule has 1 fully saturated rings. The number of hydrogen-bond acceptors (Lipinski definition) is 6. The van der Waals surface area contributed by atoms with Gasteiger partial charge >= 0.3 is 0 Å². The average Bonchev–Trinajstić information content (AvgIpc) is 3.33. The second-order valence-electron chi connectivity index (χ2n) is 8.64. The Morgan fingerprint density at radius 1 is 0.886 bits per heavy atom. The molecule has 1 saturated heterocycles. The zero-order chi connectivity index (χ0) is 24.0. The summed E-state index contributed by atoms with van der Waals surface area (Å²) in [5, 5.41) is 9.61. The molecule has 1 aliphatic rings. The van der Waals surface area contributed by atoms with E-state index in [9.17, 15) is 4.79 Å². The number of benzene rings is 2. The molecule has 2 aromatic heterocycles. The number of pyridine rings is 1. The Morgan fingerprint density at radius 2 is 1.60 bits per heavy atom. The summed E-state index contributed by atoms with van der Waals surface area (Å²) in [6, 6.07) is 22.6. The molecule has 4 aromatic rings. The van der Waals surface area contributed by atoms with E-state index in [0.29, 0.717) is 10.9 Å². The van der Waals surface area contributed by atoms with Crippen LogP contribution in [0, 0.1) is 6.92 Å². The van der Waals surface area contributed by atoms with Crippen molar-refractivity contribution in [2.24, 2.45) is 0 Å². The van der Waals surface area contributed by atoms with Gasteiger partial charge in [0, 0.05) is 56.4 Å². The molecule has 2 aromatic carbocycles. The fourth-order valence-corrected chi connectivity index (χ4v) is 5.05. The maximum atomic E-state index is 13.0. The van der Waals surface area contributed by atoms with Gasteiger partial charge in [0.2, 0.25) is 5.91 Å². The highest BCUT2D eigenvalue weighted by Crippen LogP contribution is 2.28. The summed E-state index contributed by atoms with van der Waals surface area (Å²) in [6.45, 7) is 6.26. The van der Waals surface area contributed by atoms with Gasteiger partial charge in [-0.2, -0.15) is 0 Å². The normalized spacial score (nSPS) is 14.3. The van der Waals surface area contributed by atoms with Gasteiger partial charge in [0.05, 0.1) is 5.75 Å². The Kier molecular flexibility index (Phi) is 7.20. The van der Waals surface area contributed by atoms with E-state index in [2.05, 4.69) is 75.5 Å². The number of thioether (sulfide) groups is 1. The lowest BCUT2D eigenvalue weighted by molar-refractivity contribution is -0.130. The number of amides is 1. The molecule has 178 valence electrons. The lowest BCUT2D eigenvalue weighted by atomic mass is 10.2. The number of carbonyl (C=O) groups is 1. The minimum Gasteiger partial charge on any atom is -0.339 e. The predicted molar refractivity (Wildman–Crippen MR) is 138 cm³/mol. The third-order valence-corrected chi connectivity index (χ3v) is 7.08. The van der Waals surface area contributed by atoms with Gasteiger partial charge in [0.15, 0.2) is 11.0 Å². The molecule has 3 heterocycles. The summed E-state index contributed by atoms with van der Waals surface area (Å²) >= 11 is 1.44. The summed E-state index contributed by atoms with van der Waals surface area (Å²) in [4.78, 5) is 21.5. The Balaban J connectivity index is 1.25. The average molecular weight is 485 g/mol. The van der Waals surface area contributed by atoms with Crippen molar-refractivity contribution in [1.29, 1.82) is 0 Å². The van der Waals surface area contributed by atoms with Gasteiger partial charge in [-0.1, -0.05) is 59.8 Å². The van der Waals surface area contributed by atoms with E-state index in [1.165, 1.54) is 22.9 Å². The highest BCUT2D eigenvalue weighted by atomic mass is 32.2. The monoisotopic (exact) mass is 484 g/mol. The fourth-order valence-electron chi connectivity index (χ4n) is 4.19. The van der Waals surface area contributed by atoms with Crippen LogP contribution in [0.15, 0.2) is 84.3 Å². The smallest absolute Gasteiger partial charge is 0.233 e. The molecule has 0 saturated carbocycles. The van der Waals surface area contributed by atoms with Crippen LogP contribution in [0.25, 0.3) is 17.1 Å². The molecule has 0 N–H and O–H groups in total. The largest absolute Gasteiger partial charge is 0.339 e. The van der Waals surface area contributed by atoms with E-state index in [4.69, 9.17) is 0 Å². The Hall–Kier alpha value is -3.49. The van der Waals surface area contributed by atoms with Gasteiger partial charge in [-0.05, 0) is 36.8 Å². The van der Waals surface area contributed by atoms with Crippen molar-refractivity contribution >= 4 is 17.7 Å². The first-order valence-electron chi connectivity index (χ1n) is 11.8. The topological polar surface area (TPSA) is 67.2 Å². The standard InChI is InChI=1S/C27H28N6OS/c1-21-7-9-24(10-8-21)33-26(23-11-13-28-14-12-23)29-30-27(33)35-20-25(34)32-17-15-31(16-18-32)19-22-5-3-2-4-6-22/h2-14H,15-20H2,1H3. The summed E-state index contributed by atoms with van der Waals surface area (Å²) in [5.74, 6) is 1.21. The summed E-state index contributed by atoms with van der Waals surface area (Å²) < 4.78 is 2.02. The molecule has 0 atom stereocenters. The number of hydrogen-bond donors (Lipinski definition) is 0. The van der Waals surface area contributed by atoms with E-state index in [-0.39, 0.29) is 5.91 Å². The van der Waals surface area contributed by atoms with Gasteiger partial charge in [-0.15, -0.1) is 10.2 Å². The van der Waals surface area contributed by atoms with E-state index < -0.39 is 0 Å². The van der Waals surface area contributed by atoms with Crippen LogP contribution in [-0.2, 0) is 11.3 Å². The fraction of sp³-hybridized carbons (Fsp3) is 0.259. The molecule has 35 heavy (non-hydrogen) atoms. The molecule has 8 heteroatoms. The zero-order valence-electron chi connectivity index (χ0n) is 19.7. The first-order valence-corrected chi connectivity index (χ1v) is 12.8. The molecule has 0 unspecified atom stereocenters. The van der Waals surface area contributed by atoms with Crippen LogP contribution in [0.3, 0.4) is 0 Å². The van der Waals surface area contributed by atoms with Gasteiger partial charge in [-0.25, -0.2) is 0 Å². The molecule has 5 rings (SSSR count). The number of aryl methyl sites for hydroxylation is 1. The van der Waals surface area contributed by atoms with Crippen LogP contribution < -0.4 is 0 Å². The third kappa shape index (κ3) is 5.61. The highest BCUT2D eigenvalue weighted by Gasteiger charge is 2.23. The Bertz CT molecular complexity index is 1250. The predicted octanol–water partition coefficient (Wildman–Crippen LogP) is 4.07. The zero-order valence-corrected chi connectivity index (χ0v) is 20.6. The molecule has 0 aliphatic carbocycles. The Labute approximate surface area is 209 Å². The van der Waals surface area contributed by atoms with Crippen molar-refractivity contribution in [1.82, 2.24) is 29.5 Å². The number of carbonyl (C=O) groups excluding carboxylic acids is 1. The molecule has 0 radical (unpaired) electrons.